The topological polar surface area (TPSA) is 47.6 Å². The maximum absolute atomic E-state index is 12.1. The molecule has 1 aliphatic rings. The fraction of sp³-hybridized carbons (Fsp3) is 0.500. The Morgan fingerprint density at radius 1 is 1.37 bits per heavy atom. The van der Waals surface area contributed by atoms with E-state index in [0.29, 0.717) is 28.9 Å². The standard InChI is InChI=1S/C14H18ClNO3/c1-9(2)5-11(7-15)16-14(17)10-3-4-12-13(6-10)19-8-18-12/h3-4,6,9,11H,5,7-8H2,1-2H3,(H,16,17). The van der Waals surface area contributed by atoms with Crippen molar-refractivity contribution in [2.75, 3.05) is 12.7 Å². The zero-order valence-corrected chi connectivity index (χ0v) is 11.9. The summed E-state index contributed by atoms with van der Waals surface area (Å²) in [7, 11) is 0. The van der Waals surface area contributed by atoms with Crippen LogP contribution in [0.5, 0.6) is 11.5 Å². The van der Waals surface area contributed by atoms with Gasteiger partial charge in [-0.3, -0.25) is 4.79 Å². The second kappa shape index (κ2) is 6.15. The zero-order chi connectivity index (χ0) is 13.8. The Morgan fingerprint density at radius 2 is 2.11 bits per heavy atom. The van der Waals surface area contributed by atoms with Gasteiger partial charge in [0.05, 0.1) is 0 Å². The number of hydrogen-bond donors (Lipinski definition) is 1. The summed E-state index contributed by atoms with van der Waals surface area (Å²) in [4.78, 5) is 12.1. The molecule has 1 N–H and O–H groups in total. The molecular weight excluding hydrogens is 266 g/mol. The average Bonchev–Trinajstić information content (AvgIpc) is 2.84. The van der Waals surface area contributed by atoms with Crippen LogP contribution in [-0.4, -0.2) is 24.6 Å². The van der Waals surface area contributed by atoms with E-state index in [2.05, 4.69) is 19.2 Å². The zero-order valence-electron chi connectivity index (χ0n) is 11.1. The molecule has 1 atom stereocenters. The highest BCUT2D eigenvalue weighted by atomic mass is 35.5. The Balaban J connectivity index is 2.03. The fourth-order valence-corrected chi connectivity index (χ4v) is 2.24. The second-order valence-corrected chi connectivity index (χ2v) is 5.33. The van der Waals surface area contributed by atoms with E-state index < -0.39 is 0 Å². The molecule has 0 spiro atoms. The monoisotopic (exact) mass is 283 g/mol. The molecule has 19 heavy (non-hydrogen) atoms. The Bertz CT molecular complexity index is 462. The van der Waals surface area contributed by atoms with Crippen molar-refractivity contribution in [2.24, 2.45) is 5.92 Å². The molecule has 104 valence electrons. The van der Waals surface area contributed by atoms with E-state index in [1.54, 1.807) is 18.2 Å². The van der Waals surface area contributed by atoms with Crippen molar-refractivity contribution in [2.45, 2.75) is 26.3 Å². The van der Waals surface area contributed by atoms with Crippen molar-refractivity contribution in [3.05, 3.63) is 23.8 Å². The van der Waals surface area contributed by atoms with Crippen molar-refractivity contribution in [1.29, 1.82) is 0 Å². The van der Waals surface area contributed by atoms with Crippen LogP contribution >= 0.6 is 11.6 Å². The Morgan fingerprint density at radius 3 is 2.79 bits per heavy atom. The third-order valence-corrected chi connectivity index (χ3v) is 3.28. The molecule has 0 bridgehead atoms. The number of alkyl halides is 1. The van der Waals surface area contributed by atoms with Gasteiger partial charge in [0.25, 0.3) is 5.91 Å². The molecule has 1 aromatic carbocycles. The van der Waals surface area contributed by atoms with Crippen LogP contribution in [0.15, 0.2) is 18.2 Å². The molecule has 4 nitrogen and oxygen atoms in total. The van der Waals surface area contributed by atoms with E-state index in [4.69, 9.17) is 21.1 Å². The molecule has 0 aliphatic carbocycles. The number of benzene rings is 1. The summed E-state index contributed by atoms with van der Waals surface area (Å²) < 4.78 is 10.5. The van der Waals surface area contributed by atoms with Gasteiger partial charge < -0.3 is 14.8 Å². The van der Waals surface area contributed by atoms with Crippen molar-refractivity contribution in [1.82, 2.24) is 5.32 Å². The molecule has 1 heterocycles. The van der Waals surface area contributed by atoms with E-state index in [-0.39, 0.29) is 18.7 Å². The van der Waals surface area contributed by atoms with Gasteiger partial charge in [0.15, 0.2) is 11.5 Å². The van der Waals surface area contributed by atoms with Gasteiger partial charge in [0.2, 0.25) is 6.79 Å². The SMILES string of the molecule is CC(C)CC(CCl)NC(=O)c1ccc2c(c1)OCO2. The highest BCUT2D eigenvalue weighted by molar-refractivity contribution is 6.18. The maximum atomic E-state index is 12.1. The van der Waals surface area contributed by atoms with Crippen molar-refractivity contribution < 1.29 is 14.3 Å². The van der Waals surface area contributed by atoms with Crippen molar-refractivity contribution in [3.8, 4) is 11.5 Å². The normalized spacial score (nSPS) is 14.5. The summed E-state index contributed by atoms with van der Waals surface area (Å²) in [5.41, 5.74) is 0.558. The minimum atomic E-state index is -0.135. The molecule has 0 saturated carbocycles. The number of nitrogens with one attached hydrogen (secondary N) is 1. The molecular formula is C14H18ClNO3. The lowest BCUT2D eigenvalue weighted by Crippen LogP contribution is -2.37. The molecule has 0 radical (unpaired) electrons. The van der Waals surface area contributed by atoms with E-state index in [0.717, 1.165) is 6.42 Å². The maximum Gasteiger partial charge on any atom is 0.251 e. The van der Waals surface area contributed by atoms with Crippen LogP contribution in [0.2, 0.25) is 0 Å². The average molecular weight is 284 g/mol. The predicted octanol–water partition coefficient (Wildman–Crippen LogP) is 2.80. The summed E-state index contributed by atoms with van der Waals surface area (Å²) >= 11 is 5.88. The van der Waals surface area contributed by atoms with Crippen LogP contribution in [0.3, 0.4) is 0 Å². The first-order valence-corrected chi connectivity index (χ1v) is 6.90. The van der Waals surface area contributed by atoms with E-state index in [9.17, 15) is 4.79 Å². The van der Waals surface area contributed by atoms with Gasteiger partial charge in [0, 0.05) is 17.5 Å². The van der Waals surface area contributed by atoms with Crippen LogP contribution in [-0.2, 0) is 0 Å². The third kappa shape index (κ3) is 3.53. The number of ether oxygens (including phenoxy) is 2. The summed E-state index contributed by atoms with van der Waals surface area (Å²) in [6, 6.07) is 5.15. The number of carbonyl (C=O) groups is 1. The summed E-state index contributed by atoms with van der Waals surface area (Å²) in [5, 5.41) is 2.94. The van der Waals surface area contributed by atoms with E-state index in [1.807, 2.05) is 0 Å². The lowest BCUT2D eigenvalue weighted by molar-refractivity contribution is 0.0936. The van der Waals surface area contributed by atoms with Crippen LogP contribution in [0.1, 0.15) is 30.6 Å². The number of fused-ring (bicyclic) bond motifs is 1. The minimum Gasteiger partial charge on any atom is -0.454 e. The molecule has 1 unspecified atom stereocenters. The first-order valence-electron chi connectivity index (χ1n) is 6.36. The van der Waals surface area contributed by atoms with Crippen LogP contribution in [0.25, 0.3) is 0 Å². The predicted molar refractivity (Wildman–Crippen MR) is 74.0 cm³/mol. The molecule has 0 fully saturated rings. The molecule has 5 heteroatoms. The van der Waals surface area contributed by atoms with Gasteiger partial charge in [-0.15, -0.1) is 11.6 Å². The van der Waals surface area contributed by atoms with Gasteiger partial charge >= 0.3 is 0 Å². The van der Waals surface area contributed by atoms with Gasteiger partial charge in [0.1, 0.15) is 0 Å². The molecule has 0 aromatic heterocycles. The summed E-state index contributed by atoms with van der Waals surface area (Å²) in [5.74, 6) is 2.05. The molecule has 1 amide bonds. The number of hydrogen-bond acceptors (Lipinski definition) is 3. The van der Waals surface area contributed by atoms with Crippen molar-refractivity contribution in [3.63, 3.8) is 0 Å². The van der Waals surface area contributed by atoms with Gasteiger partial charge in [-0.05, 0) is 30.5 Å². The van der Waals surface area contributed by atoms with Crippen LogP contribution < -0.4 is 14.8 Å². The van der Waals surface area contributed by atoms with Crippen LogP contribution in [0.4, 0.5) is 0 Å². The Labute approximate surface area is 118 Å². The lowest BCUT2D eigenvalue weighted by atomic mass is 10.0. The number of amides is 1. The van der Waals surface area contributed by atoms with Gasteiger partial charge in [-0.1, -0.05) is 13.8 Å². The number of rotatable bonds is 5. The smallest absolute Gasteiger partial charge is 0.251 e. The van der Waals surface area contributed by atoms with E-state index in [1.165, 1.54) is 0 Å². The molecule has 0 saturated heterocycles. The first-order chi connectivity index (χ1) is 9.10. The fourth-order valence-electron chi connectivity index (χ4n) is 2.04. The third-order valence-electron chi connectivity index (χ3n) is 2.91. The first kappa shape index (κ1) is 14.0. The largest absolute Gasteiger partial charge is 0.454 e. The molecule has 2 rings (SSSR count). The molecule has 1 aromatic rings. The highest BCUT2D eigenvalue weighted by Crippen LogP contribution is 2.32. The quantitative estimate of drug-likeness (QED) is 0.845. The second-order valence-electron chi connectivity index (χ2n) is 5.02. The van der Waals surface area contributed by atoms with Gasteiger partial charge in [-0.2, -0.15) is 0 Å². The Kier molecular flexibility index (Phi) is 4.53. The summed E-state index contributed by atoms with van der Waals surface area (Å²) in [6.07, 6.45) is 0.861. The number of carbonyl (C=O) groups excluding carboxylic acids is 1. The highest BCUT2D eigenvalue weighted by Gasteiger charge is 2.18. The molecule has 1 aliphatic heterocycles. The van der Waals surface area contributed by atoms with E-state index >= 15 is 0 Å². The van der Waals surface area contributed by atoms with Crippen molar-refractivity contribution >= 4 is 17.5 Å². The van der Waals surface area contributed by atoms with Gasteiger partial charge in [-0.25, -0.2) is 0 Å². The Hall–Kier alpha value is -1.42. The van der Waals surface area contributed by atoms with Crippen LogP contribution in [0, 0.1) is 5.92 Å². The minimum absolute atomic E-state index is 0.0143. The lowest BCUT2D eigenvalue weighted by Gasteiger charge is -2.18. The number of halogens is 1. The summed E-state index contributed by atoms with van der Waals surface area (Å²) in [6.45, 7) is 4.41.